The lowest BCUT2D eigenvalue weighted by molar-refractivity contribution is -0.149. The molecule has 2 aromatic rings. The number of benzene rings is 2. The molecule has 0 radical (unpaired) electrons. The summed E-state index contributed by atoms with van der Waals surface area (Å²) in [6, 6.07) is 15.1. The number of nitrogens with zero attached hydrogens (tertiary/aromatic N) is 2. The second kappa shape index (κ2) is 7.01. The quantitative estimate of drug-likeness (QED) is 0.764. The summed E-state index contributed by atoms with van der Waals surface area (Å²) in [6.07, 6.45) is 0.551. The molecule has 0 spiro atoms. The predicted molar refractivity (Wildman–Crippen MR) is 89.9 cm³/mol. The SMILES string of the molecule is COc1ccc(CN(C)CN2C(=O)CC2c2ccccc2)cc1F. The Morgan fingerprint density at radius 3 is 2.62 bits per heavy atom. The summed E-state index contributed by atoms with van der Waals surface area (Å²) in [5, 5.41) is 0. The van der Waals surface area contributed by atoms with Crippen LogP contribution in [0.4, 0.5) is 4.39 Å². The molecule has 2 aromatic carbocycles. The Kier molecular flexibility index (Phi) is 4.81. The van der Waals surface area contributed by atoms with Gasteiger partial charge in [0.05, 0.1) is 26.2 Å². The fourth-order valence-corrected chi connectivity index (χ4v) is 3.03. The summed E-state index contributed by atoms with van der Waals surface area (Å²) in [4.78, 5) is 15.8. The zero-order chi connectivity index (χ0) is 17.1. The van der Waals surface area contributed by atoms with Crippen LogP contribution in [0.5, 0.6) is 5.75 Å². The van der Waals surface area contributed by atoms with Crippen LogP contribution in [-0.2, 0) is 11.3 Å². The van der Waals surface area contributed by atoms with Crippen LogP contribution in [0.2, 0.25) is 0 Å². The van der Waals surface area contributed by atoms with Crippen LogP contribution in [0.3, 0.4) is 0 Å². The minimum absolute atomic E-state index is 0.133. The van der Waals surface area contributed by atoms with E-state index in [1.165, 1.54) is 13.2 Å². The van der Waals surface area contributed by atoms with E-state index in [2.05, 4.69) is 0 Å². The van der Waals surface area contributed by atoms with Crippen molar-refractivity contribution in [2.24, 2.45) is 0 Å². The summed E-state index contributed by atoms with van der Waals surface area (Å²) < 4.78 is 18.7. The lowest BCUT2D eigenvalue weighted by Crippen LogP contribution is -2.50. The van der Waals surface area contributed by atoms with Gasteiger partial charge in [0.2, 0.25) is 5.91 Å². The topological polar surface area (TPSA) is 32.8 Å². The Balaban J connectivity index is 1.62. The maximum atomic E-state index is 13.8. The van der Waals surface area contributed by atoms with Gasteiger partial charge in [-0.15, -0.1) is 0 Å². The number of amides is 1. The second-order valence-electron chi connectivity index (χ2n) is 6.12. The maximum Gasteiger partial charge on any atom is 0.226 e. The minimum Gasteiger partial charge on any atom is -0.494 e. The van der Waals surface area contributed by atoms with Gasteiger partial charge in [0.15, 0.2) is 11.6 Å². The van der Waals surface area contributed by atoms with E-state index in [1.54, 1.807) is 6.07 Å². The molecule has 4 nitrogen and oxygen atoms in total. The first kappa shape index (κ1) is 16.5. The molecule has 1 fully saturated rings. The highest BCUT2D eigenvalue weighted by Gasteiger charge is 2.37. The molecule has 1 heterocycles. The Labute approximate surface area is 141 Å². The predicted octanol–water partition coefficient (Wildman–Crippen LogP) is 3.20. The van der Waals surface area contributed by atoms with Gasteiger partial charge < -0.3 is 9.64 Å². The first-order chi connectivity index (χ1) is 11.6. The molecular formula is C19H21FN2O2. The van der Waals surface area contributed by atoms with E-state index in [4.69, 9.17) is 4.74 Å². The van der Waals surface area contributed by atoms with Crippen molar-refractivity contribution < 1.29 is 13.9 Å². The Morgan fingerprint density at radius 1 is 1.25 bits per heavy atom. The average Bonchev–Trinajstić information content (AvgIpc) is 2.58. The number of ether oxygens (including phenoxy) is 1. The van der Waals surface area contributed by atoms with E-state index in [-0.39, 0.29) is 23.5 Å². The van der Waals surface area contributed by atoms with Crippen LogP contribution >= 0.6 is 0 Å². The van der Waals surface area contributed by atoms with Gasteiger partial charge >= 0.3 is 0 Å². The molecular weight excluding hydrogens is 307 g/mol. The summed E-state index contributed by atoms with van der Waals surface area (Å²) >= 11 is 0. The first-order valence-corrected chi connectivity index (χ1v) is 7.94. The summed E-state index contributed by atoms with van der Waals surface area (Å²) in [5.41, 5.74) is 2.00. The zero-order valence-corrected chi connectivity index (χ0v) is 13.9. The van der Waals surface area contributed by atoms with E-state index in [1.807, 2.05) is 53.2 Å². The van der Waals surface area contributed by atoms with E-state index in [9.17, 15) is 9.18 Å². The van der Waals surface area contributed by atoms with Gasteiger partial charge in [0.25, 0.3) is 0 Å². The maximum absolute atomic E-state index is 13.8. The molecule has 1 atom stereocenters. The van der Waals surface area contributed by atoms with Gasteiger partial charge in [-0.25, -0.2) is 4.39 Å². The standard InChI is InChI=1S/C19H21FN2O2/c1-21(12-14-8-9-18(24-2)16(20)10-14)13-22-17(11-19(22)23)15-6-4-3-5-7-15/h3-10,17H,11-13H2,1-2H3. The van der Waals surface area contributed by atoms with Crippen LogP contribution < -0.4 is 4.74 Å². The van der Waals surface area contributed by atoms with E-state index in [0.29, 0.717) is 19.6 Å². The number of halogens is 1. The van der Waals surface area contributed by atoms with E-state index >= 15 is 0 Å². The van der Waals surface area contributed by atoms with Gasteiger partial charge in [-0.3, -0.25) is 9.69 Å². The fraction of sp³-hybridized carbons (Fsp3) is 0.316. The Bertz CT molecular complexity index is 721. The van der Waals surface area contributed by atoms with Gasteiger partial charge in [0.1, 0.15) is 0 Å². The summed E-state index contributed by atoms with van der Waals surface area (Å²) in [7, 11) is 3.37. The molecule has 0 N–H and O–H groups in total. The second-order valence-corrected chi connectivity index (χ2v) is 6.12. The van der Waals surface area contributed by atoms with Gasteiger partial charge in [-0.2, -0.15) is 0 Å². The zero-order valence-electron chi connectivity index (χ0n) is 13.9. The molecule has 0 bridgehead atoms. The summed E-state index contributed by atoms with van der Waals surface area (Å²) in [6.45, 7) is 1.08. The molecule has 0 saturated carbocycles. The van der Waals surface area contributed by atoms with Crippen molar-refractivity contribution in [3.8, 4) is 5.75 Å². The molecule has 0 aromatic heterocycles. The van der Waals surface area contributed by atoms with Crippen LogP contribution in [0, 0.1) is 5.82 Å². The largest absolute Gasteiger partial charge is 0.494 e. The highest BCUT2D eigenvalue weighted by atomic mass is 19.1. The van der Waals surface area contributed by atoms with Crippen molar-refractivity contribution in [1.29, 1.82) is 0 Å². The Hall–Kier alpha value is -2.40. The number of methoxy groups -OCH3 is 1. The molecule has 24 heavy (non-hydrogen) atoms. The van der Waals surface area contributed by atoms with Crippen molar-refractivity contribution in [2.45, 2.75) is 19.0 Å². The number of rotatable bonds is 6. The van der Waals surface area contributed by atoms with Crippen molar-refractivity contribution in [3.05, 3.63) is 65.5 Å². The van der Waals surface area contributed by atoms with E-state index in [0.717, 1.165) is 11.1 Å². The van der Waals surface area contributed by atoms with Crippen LogP contribution in [0.15, 0.2) is 48.5 Å². The molecule has 1 aliphatic rings. The molecule has 1 saturated heterocycles. The average molecular weight is 328 g/mol. The van der Waals surface area contributed by atoms with Gasteiger partial charge in [-0.05, 0) is 30.3 Å². The molecule has 1 unspecified atom stereocenters. The lowest BCUT2D eigenvalue weighted by atomic mass is 9.94. The van der Waals surface area contributed by atoms with Crippen molar-refractivity contribution >= 4 is 5.91 Å². The third kappa shape index (κ3) is 3.41. The van der Waals surface area contributed by atoms with Gasteiger partial charge in [0, 0.05) is 6.54 Å². The summed E-state index contributed by atoms with van der Waals surface area (Å²) in [5.74, 6) is 0.0191. The monoisotopic (exact) mass is 328 g/mol. The highest BCUT2D eigenvalue weighted by Crippen LogP contribution is 2.34. The number of hydrogen-bond acceptors (Lipinski definition) is 3. The van der Waals surface area contributed by atoms with Crippen LogP contribution in [0.1, 0.15) is 23.6 Å². The number of carbonyl (C=O) groups is 1. The number of carbonyl (C=O) groups excluding carboxylic acids is 1. The number of likely N-dealkylation sites (tertiary alicyclic amines) is 1. The van der Waals surface area contributed by atoms with E-state index < -0.39 is 0 Å². The smallest absolute Gasteiger partial charge is 0.226 e. The third-order valence-electron chi connectivity index (χ3n) is 4.31. The molecule has 1 amide bonds. The normalized spacial score (nSPS) is 17.1. The van der Waals surface area contributed by atoms with Crippen molar-refractivity contribution in [1.82, 2.24) is 9.80 Å². The molecule has 3 rings (SSSR count). The molecule has 126 valence electrons. The molecule has 5 heteroatoms. The number of β-lactam (4-membered cyclic amide) rings is 1. The number of hydrogen-bond donors (Lipinski definition) is 0. The fourth-order valence-electron chi connectivity index (χ4n) is 3.03. The molecule has 0 aliphatic carbocycles. The molecule has 1 aliphatic heterocycles. The van der Waals surface area contributed by atoms with Crippen molar-refractivity contribution in [3.63, 3.8) is 0 Å². The van der Waals surface area contributed by atoms with Crippen LogP contribution in [-0.4, -0.2) is 36.5 Å². The van der Waals surface area contributed by atoms with Gasteiger partial charge in [-0.1, -0.05) is 36.4 Å². The van der Waals surface area contributed by atoms with Crippen LogP contribution in [0.25, 0.3) is 0 Å². The third-order valence-corrected chi connectivity index (χ3v) is 4.31. The first-order valence-electron chi connectivity index (χ1n) is 7.94. The van der Waals surface area contributed by atoms with Crippen molar-refractivity contribution in [2.75, 3.05) is 20.8 Å². The lowest BCUT2D eigenvalue weighted by Gasteiger charge is -2.42. The Morgan fingerprint density at radius 2 is 2.00 bits per heavy atom. The highest BCUT2D eigenvalue weighted by molar-refractivity contribution is 5.83. The minimum atomic E-state index is -0.370.